The molecule has 0 saturated heterocycles. The van der Waals surface area contributed by atoms with Crippen molar-refractivity contribution in [2.45, 2.75) is 18.9 Å². The fourth-order valence-corrected chi connectivity index (χ4v) is 1.91. The third-order valence-electron chi connectivity index (χ3n) is 2.25. The second-order valence-corrected chi connectivity index (χ2v) is 4.33. The van der Waals surface area contributed by atoms with Crippen LogP contribution in [0.25, 0.3) is 0 Å². The third-order valence-corrected chi connectivity index (χ3v) is 2.83. The molecular formula is C10H14BrNO2. The highest BCUT2D eigenvalue weighted by atomic mass is 79.9. The molecule has 1 aliphatic rings. The van der Waals surface area contributed by atoms with Crippen LogP contribution >= 0.6 is 15.9 Å². The predicted molar refractivity (Wildman–Crippen MR) is 58.9 cm³/mol. The standard InChI is InChI=1S/C10H14BrNO2/c1-14-10(13)6-9(12)7-3-2-4-8(11)5-7/h2-4,7,9H,5-6,12H2,1H3/t7?,9-/m0/s1. The van der Waals surface area contributed by atoms with Gasteiger partial charge in [0.2, 0.25) is 0 Å². The Balaban J connectivity index is 2.46. The molecule has 0 amide bonds. The van der Waals surface area contributed by atoms with Crippen molar-refractivity contribution in [1.82, 2.24) is 0 Å². The Labute approximate surface area is 92.1 Å². The predicted octanol–water partition coefficient (Wildman–Crippen LogP) is 1.73. The molecular weight excluding hydrogens is 246 g/mol. The first kappa shape index (κ1) is 11.5. The SMILES string of the molecule is COC(=O)C[C@H](N)C1C=CC=C(Br)C1. The quantitative estimate of drug-likeness (QED) is 0.786. The molecule has 3 nitrogen and oxygen atoms in total. The van der Waals surface area contributed by atoms with Crippen LogP contribution in [-0.2, 0) is 9.53 Å². The van der Waals surface area contributed by atoms with Crippen molar-refractivity contribution in [2.24, 2.45) is 11.7 Å². The number of carbonyl (C=O) groups is 1. The minimum atomic E-state index is -0.253. The van der Waals surface area contributed by atoms with Crippen molar-refractivity contribution in [1.29, 1.82) is 0 Å². The summed E-state index contributed by atoms with van der Waals surface area (Å²) in [6.07, 6.45) is 7.09. The molecule has 0 aromatic heterocycles. The summed E-state index contributed by atoms with van der Waals surface area (Å²) in [5.41, 5.74) is 5.89. The van der Waals surface area contributed by atoms with Crippen LogP contribution in [0.2, 0.25) is 0 Å². The van der Waals surface area contributed by atoms with Gasteiger partial charge in [-0.25, -0.2) is 0 Å². The first-order valence-electron chi connectivity index (χ1n) is 4.48. The van der Waals surface area contributed by atoms with Gasteiger partial charge in [-0.05, 0) is 16.8 Å². The van der Waals surface area contributed by atoms with E-state index in [1.54, 1.807) is 0 Å². The van der Waals surface area contributed by atoms with Crippen molar-refractivity contribution >= 4 is 21.9 Å². The molecule has 4 heteroatoms. The molecule has 0 aromatic rings. The Kier molecular flexibility index (Phi) is 4.35. The van der Waals surface area contributed by atoms with Gasteiger partial charge in [0.1, 0.15) is 0 Å². The molecule has 0 radical (unpaired) electrons. The molecule has 78 valence electrons. The first-order chi connectivity index (χ1) is 6.63. The zero-order chi connectivity index (χ0) is 10.6. The Morgan fingerprint density at radius 2 is 2.57 bits per heavy atom. The maximum absolute atomic E-state index is 11.0. The second kappa shape index (κ2) is 5.32. The lowest BCUT2D eigenvalue weighted by atomic mass is 9.91. The van der Waals surface area contributed by atoms with Gasteiger partial charge in [0, 0.05) is 6.04 Å². The average molecular weight is 260 g/mol. The minimum absolute atomic E-state index is 0.167. The summed E-state index contributed by atoms with van der Waals surface area (Å²) in [5.74, 6) is -0.0370. The summed E-state index contributed by atoms with van der Waals surface area (Å²) in [7, 11) is 1.38. The molecule has 1 rings (SSSR count). The number of nitrogens with two attached hydrogens (primary N) is 1. The minimum Gasteiger partial charge on any atom is -0.469 e. The lowest BCUT2D eigenvalue weighted by Crippen LogP contribution is -2.32. The van der Waals surface area contributed by atoms with Crippen LogP contribution in [-0.4, -0.2) is 19.1 Å². The van der Waals surface area contributed by atoms with E-state index in [4.69, 9.17) is 5.73 Å². The van der Waals surface area contributed by atoms with E-state index in [0.717, 1.165) is 10.9 Å². The summed E-state index contributed by atoms with van der Waals surface area (Å²) in [5, 5.41) is 0. The van der Waals surface area contributed by atoms with Crippen LogP contribution in [0.3, 0.4) is 0 Å². The van der Waals surface area contributed by atoms with Crippen LogP contribution in [0.4, 0.5) is 0 Å². The van der Waals surface area contributed by atoms with E-state index in [1.807, 2.05) is 18.2 Å². The summed E-state index contributed by atoms with van der Waals surface area (Å²) < 4.78 is 5.69. The van der Waals surface area contributed by atoms with Gasteiger partial charge >= 0.3 is 5.97 Å². The second-order valence-electron chi connectivity index (χ2n) is 3.31. The number of allylic oxidation sites excluding steroid dienone is 3. The van der Waals surface area contributed by atoms with Gasteiger partial charge in [-0.1, -0.05) is 34.2 Å². The van der Waals surface area contributed by atoms with Crippen molar-refractivity contribution in [2.75, 3.05) is 7.11 Å². The van der Waals surface area contributed by atoms with Crippen molar-refractivity contribution in [3.63, 3.8) is 0 Å². The topological polar surface area (TPSA) is 52.3 Å². The van der Waals surface area contributed by atoms with Gasteiger partial charge in [-0.15, -0.1) is 0 Å². The first-order valence-corrected chi connectivity index (χ1v) is 5.28. The molecule has 0 saturated carbocycles. The van der Waals surface area contributed by atoms with Gasteiger partial charge in [0.15, 0.2) is 0 Å². The number of carbonyl (C=O) groups excluding carboxylic acids is 1. The highest BCUT2D eigenvalue weighted by Gasteiger charge is 2.20. The highest BCUT2D eigenvalue weighted by Crippen LogP contribution is 2.25. The zero-order valence-electron chi connectivity index (χ0n) is 8.07. The molecule has 0 heterocycles. The lowest BCUT2D eigenvalue weighted by molar-refractivity contribution is -0.141. The lowest BCUT2D eigenvalue weighted by Gasteiger charge is -2.21. The maximum Gasteiger partial charge on any atom is 0.307 e. The fraction of sp³-hybridized carbons (Fsp3) is 0.500. The number of methoxy groups -OCH3 is 1. The molecule has 0 aliphatic heterocycles. The number of hydrogen-bond donors (Lipinski definition) is 1. The van der Waals surface area contributed by atoms with Crippen LogP contribution in [0.5, 0.6) is 0 Å². The molecule has 0 fully saturated rings. The molecule has 1 aliphatic carbocycles. The van der Waals surface area contributed by atoms with Crippen molar-refractivity contribution in [3.05, 3.63) is 22.7 Å². The van der Waals surface area contributed by atoms with Gasteiger partial charge < -0.3 is 10.5 Å². The zero-order valence-corrected chi connectivity index (χ0v) is 9.66. The molecule has 2 atom stereocenters. The largest absolute Gasteiger partial charge is 0.469 e. The monoisotopic (exact) mass is 259 g/mol. The van der Waals surface area contributed by atoms with E-state index in [0.29, 0.717) is 0 Å². The van der Waals surface area contributed by atoms with Crippen LogP contribution in [0, 0.1) is 5.92 Å². The molecule has 0 bridgehead atoms. The third kappa shape index (κ3) is 3.27. The Morgan fingerprint density at radius 3 is 3.14 bits per heavy atom. The van der Waals surface area contributed by atoms with Crippen molar-refractivity contribution in [3.8, 4) is 0 Å². The average Bonchev–Trinajstić information content (AvgIpc) is 2.17. The van der Waals surface area contributed by atoms with Crippen LogP contribution in [0.15, 0.2) is 22.7 Å². The maximum atomic E-state index is 11.0. The summed E-state index contributed by atoms with van der Waals surface area (Å²) >= 11 is 3.42. The highest BCUT2D eigenvalue weighted by molar-refractivity contribution is 9.11. The fourth-order valence-electron chi connectivity index (χ4n) is 1.39. The van der Waals surface area contributed by atoms with E-state index < -0.39 is 0 Å². The number of halogens is 1. The van der Waals surface area contributed by atoms with E-state index in [-0.39, 0.29) is 24.3 Å². The van der Waals surface area contributed by atoms with E-state index in [1.165, 1.54) is 7.11 Å². The Morgan fingerprint density at radius 1 is 1.86 bits per heavy atom. The van der Waals surface area contributed by atoms with Crippen LogP contribution < -0.4 is 5.73 Å². The van der Waals surface area contributed by atoms with E-state index in [2.05, 4.69) is 20.7 Å². The van der Waals surface area contributed by atoms with Gasteiger partial charge in [-0.2, -0.15) is 0 Å². The van der Waals surface area contributed by atoms with E-state index >= 15 is 0 Å². The number of rotatable bonds is 3. The number of hydrogen-bond acceptors (Lipinski definition) is 3. The van der Waals surface area contributed by atoms with Gasteiger partial charge in [0.25, 0.3) is 0 Å². The smallest absolute Gasteiger partial charge is 0.307 e. The van der Waals surface area contributed by atoms with Crippen molar-refractivity contribution < 1.29 is 9.53 Å². The van der Waals surface area contributed by atoms with Crippen LogP contribution in [0.1, 0.15) is 12.8 Å². The van der Waals surface area contributed by atoms with E-state index in [9.17, 15) is 4.79 Å². The van der Waals surface area contributed by atoms with Gasteiger partial charge in [-0.3, -0.25) is 4.79 Å². The summed E-state index contributed by atoms with van der Waals surface area (Å²) in [6.45, 7) is 0. The normalized spacial score (nSPS) is 22.8. The number of ether oxygens (including phenoxy) is 1. The van der Waals surface area contributed by atoms with Gasteiger partial charge in [0.05, 0.1) is 13.5 Å². The summed E-state index contributed by atoms with van der Waals surface area (Å²) in [6, 6.07) is -0.167. The molecule has 0 spiro atoms. The molecule has 2 N–H and O–H groups in total. The summed E-state index contributed by atoms with van der Waals surface area (Å²) in [4.78, 5) is 11.0. The molecule has 14 heavy (non-hydrogen) atoms. The Bertz CT molecular complexity index is 273. The molecule has 0 aromatic carbocycles. The number of esters is 1. The molecule has 1 unspecified atom stereocenters. The Hall–Kier alpha value is -0.610.